The Morgan fingerprint density at radius 1 is 1.88 bits per heavy atom. The number of carbonyl (C=O) groups is 1. The van der Waals surface area contributed by atoms with Crippen LogP contribution >= 0.6 is 54.6 Å². The quantitative estimate of drug-likeness (QED) is 0.232. The Kier molecular flexibility index (Phi) is 4.94. The molecule has 0 heterocycles. The number of halogens is 2. The Balaban J connectivity index is 3.64. The smallest absolute Gasteiger partial charge is 0.286 e. The number of nitrogens with zero attached hydrogens (tertiary/aromatic N) is 1. The van der Waals surface area contributed by atoms with Gasteiger partial charge in [-0.3, -0.25) is 4.79 Å². The summed E-state index contributed by atoms with van der Waals surface area (Å²) >= 11 is 3.91. The predicted octanol–water partition coefficient (Wildman–Crippen LogP) is 2.41. The molecule has 48 valence electrons. The molecule has 0 aromatic heterocycles. The molecule has 0 fully saturated rings. The molecule has 1 amide bonds. The maximum absolute atomic E-state index is 10.5. The van der Waals surface area contributed by atoms with Crippen LogP contribution in [0.25, 0.3) is 0 Å². The Morgan fingerprint density at radius 3 is 2.25 bits per heavy atom. The summed E-state index contributed by atoms with van der Waals surface area (Å²) in [7, 11) is 2.36. The third kappa shape index (κ3) is 3.40. The van der Waals surface area contributed by atoms with E-state index in [0.717, 1.165) is 0 Å². The number of hydrogen-bond acceptors (Lipinski definition) is 1. The van der Waals surface area contributed by atoms with Crippen LogP contribution in [0, 0.1) is 0 Å². The second-order valence-corrected chi connectivity index (χ2v) is 4.52. The van der Waals surface area contributed by atoms with Crippen LogP contribution in [0.15, 0.2) is 0 Å². The monoisotopic (exact) mass is 357 g/mol. The number of amides is 1. The van der Waals surface area contributed by atoms with Gasteiger partial charge in [0.1, 0.15) is 0 Å². The Bertz CT molecular complexity index is 97.3. The molecule has 0 rings (SSSR count). The summed E-state index contributed by atoms with van der Waals surface area (Å²) in [5.41, 5.74) is 0. The molecule has 0 N–H and O–H groups in total. The average Bonchev–Trinajstić information content (AvgIpc) is 1.64. The van der Waals surface area contributed by atoms with Gasteiger partial charge in [0.05, 0.1) is 4.05 Å². The Morgan fingerprint density at radius 2 is 2.25 bits per heavy atom. The van der Waals surface area contributed by atoms with Crippen LogP contribution in [0.2, 0.25) is 0 Å². The van der Waals surface area contributed by atoms with Crippen LogP contribution in [-0.4, -0.2) is 12.6 Å². The van der Waals surface area contributed by atoms with Crippen molar-refractivity contribution in [2.24, 2.45) is 0 Å². The lowest BCUT2D eigenvalue weighted by Gasteiger charge is -2.15. The highest BCUT2D eigenvalue weighted by Gasteiger charge is 2.07. The van der Waals surface area contributed by atoms with Crippen molar-refractivity contribution in [1.29, 1.82) is 0 Å². The third-order valence-electron chi connectivity index (χ3n) is 0.586. The molecule has 0 aliphatic rings. The Hall–Kier alpha value is 1.36. The lowest BCUT2D eigenvalue weighted by molar-refractivity contribution is 0.251. The zero-order valence-electron chi connectivity index (χ0n) is 4.27. The first-order chi connectivity index (χ1) is 3.55. The van der Waals surface area contributed by atoms with Crippen LogP contribution in [0.5, 0.6) is 0 Å². The minimum absolute atomic E-state index is 0.0505. The van der Waals surface area contributed by atoms with Crippen LogP contribution in [0.3, 0.4) is 0 Å². The largest absolute Gasteiger partial charge is 0.307 e. The highest BCUT2D eigenvalue weighted by Crippen LogP contribution is 2.15. The maximum Gasteiger partial charge on any atom is 0.286 e. The van der Waals surface area contributed by atoms with Crippen LogP contribution in [-0.2, 0) is 0 Å². The van der Waals surface area contributed by atoms with Gasteiger partial charge in [-0.2, -0.15) is 0 Å². The fraction of sp³-hybridized carbons (Fsp3) is 0.667. The summed E-state index contributed by atoms with van der Waals surface area (Å²) in [6.45, 7) is 1.95. The van der Waals surface area contributed by atoms with Crippen LogP contribution in [0.4, 0.5) is 4.79 Å². The van der Waals surface area contributed by atoms with Crippen molar-refractivity contribution in [1.82, 2.24) is 4.67 Å². The minimum Gasteiger partial charge on any atom is -0.307 e. The number of alkyl halides is 1. The molecule has 0 bridgehead atoms. The van der Waals surface area contributed by atoms with E-state index in [4.69, 9.17) is 0 Å². The second kappa shape index (κ2) is 4.22. The van der Waals surface area contributed by atoms with Gasteiger partial charge in [0.15, 0.2) is 0 Å². The molecule has 0 saturated heterocycles. The van der Waals surface area contributed by atoms with Gasteiger partial charge in [0, 0.05) is 22.6 Å². The third-order valence-corrected chi connectivity index (χ3v) is 3.56. The summed E-state index contributed by atoms with van der Waals surface area (Å²) in [5, 5.41) is 0. The lowest BCUT2D eigenvalue weighted by atomic mass is 10.8. The van der Waals surface area contributed by atoms with Crippen molar-refractivity contribution in [3.63, 3.8) is 0 Å². The van der Waals surface area contributed by atoms with Crippen molar-refractivity contribution in [3.8, 4) is 0 Å². The van der Waals surface area contributed by atoms with Crippen LogP contribution in [0.1, 0.15) is 6.92 Å². The van der Waals surface area contributed by atoms with E-state index in [1.807, 2.05) is 6.92 Å². The molecule has 0 aliphatic carbocycles. The molecule has 5 heteroatoms. The van der Waals surface area contributed by atoms with E-state index in [1.54, 1.807) is 27.3 Å². The topological polar surface area (TPSA) is 20.3 Å². The van der Waals surface area contributed by atoms with Crippen molar-refractivity contribution in [3.05, 3.63) is 0 Å². The van der Waals surface area contributed by atoms with E-state index in [9.17, 15) is 4.79 Å². The molecule has 0 aromatic rings. The molecule has 2 unspecified atom stereocenters. The fourth-order valence-electron chi connectivity index (χ4n) is 0.140. The summed E-state index contributed by atoms with van der Waals surface area (Å²) in [6, 6.07) is 0. The van der Waals surface area contributed by atoms with Gasteiger partial charge in [-0.05, 0) is 16.3 Å². The fourth-order valence-corrected chi connectivity index (χ4v) is 1.34. The summed E-state index contributed by atoms with van der Waals surface area (Å²) in [4.78, 5) is 10.5. The molecule has 8 heavy (non-hydrogen) atoms. The highest BCUT2D eigenvalue weighted by atomic mass is 127. The SMILES string of the molecule is CC(I)N(P)C(=O)I. The van der Waals surface area contributed by atoms with Gasteiger partial charge in [0.2, 0.25) is 0 Å². The summed E-state index contributed by atoms with van der Waals surface area (Å²) < 4.78 is 1.89. The number of rotatable bonds is 1. The molecular formula is C3H6I2NOP. The van der Waals surface area contributed by atoms with Gasteiger partial charge in [-0.25, -0.2) is 0 Å². The average molecular weight is 357 g/mol. The van der Waals surface area contributed by atoms with E-state index >= 15 is 0 Å². The number of hydrogen-bond donors (Lipinski definition) is 0. The van der Waals surface area contributed by atoms with E-state index in [2.05, 4.69) is 32.0 Å². The zero-order valence-corrected chi connectivity index (χ0v) is 9.74. The lowest BCUT2D eigenvalue weighted by Crippen LogP contribution is -2.18. The molecule has 0 radical (unpaired) electrons. The van der Waals surface area contributed by atoms with E-state index in [-0.39, 0.29) is 7.96 Å². The molecule has 2 nitrogen and oxygen atoms in total. The molecular weight excluding hydrogens is 351 g/mol. The van der Waals surface area contributed by atoms with Crippen molar-refractivity contribution < 1.29 is 4.79 Å². The standard InChI is InChI=1S/C3H6I2NOP/c1-2(4)6(8)3(5)7/h2H,8H2,1H3. The summed E-state index contributed by atoms with van der Waals surface area (Å²) in [6.07, 6.45) is 0. The molecule has 0 spiro atoms. The second-order valence-electron chi connectivity index (χ2n) is 1.23. The first kappa shape index (κ1) is 9.36. The van der Waals surface area contributed by atoms with Gasteiger partial charge in [0.25, 0.3) is 3.91 Å². The Labute approximate surface area is 78.3 Å². The minimum atomic E-state index is 0.0505. The number of carbonyl (C=O) groups excluding carboxylic acids is 1. The van der Waals surface area contributed by atoms with Crippen molar-refractivity contribution >= 4 is 58.5 Å². The van der Waals surface area contributed by atoms with Crippen molar-refractivity contribution in [2.75, 3.05) is 0 Å². The first-order valence-electron chi connectivity index (χ1n) is 1.93. The van der Waals surface area contributed by atoms with E-state index in [1.165, 1.54) is 0 Å². The molecule has 0 aromatic carbocycles. The van der Waals surface area contributed by atoms with Gasteiger partial charge in [-0.15, -0.1) is 0 Å². The van der Waals surface area contributed by atoms with Crippen LogP contribution < -0.4 is 0 Å². The van der Waals surface area contributed by atoms with E-state index < -0.39 is 0 Å². The summed E-state index contributed by atoms with van der Waals surface area (Å²) in [5.74, 6) is 0. The van der Waals surface area contributed by atoms with Gasteiger partial charge < -0.3 is 4.67 Å². The predicted molar refractivity (Wildman–Crippen MR) is 54.4 cm³/mol. The molecule has 2 atom stereocenters. The van der Waals surface area contributed by atoms with Gasteiger partial charge in [-0.1, -0.05) is 22.6 Å². The van der Waals surface area contributed by atoms with Crippen molar-refractivity contribution in [2.45, 2.75) is 11.0 Å². The first-order valence-corrected chi connectivity index (χ1v) is 4.77. The normalized spacial score (nSPS) is 13.0. The zero-order chi connectivity index (χ0) is 6.73. The maximum atomic E-state index is 10.5. The molecule has 0 aliphatic heterocycles. The van der Waals surface area contributed by atoms with Gasteiger partial charge >= 0.3 is 0 Å². The van der Waals surface area contributed by atoms with E-state index in [0.29, 0.717) is 0 Å². The highest BCUT2D eigenvalue weighted by molar-refractivity contribution is 14.1. The molecule has 0 saturated carbocycles.